The molecule has 0 aliphatic carbocycles. The van der Waals surface area contributed by atoms with E-state index in [1.165, 1.54) is 12.1 Å². The summed E-state index contributed by atoms with van der Waals surface area (Å²) in [5, 5.41) is 0. The summed E-state index contributed by atoms with van der Waals surface area (Å²) in [6.07, 6.45) is -0.661. The highest BCUT2D eigenvalue weighted by atomic mass is 32.2. The molecule has 8 heteroatoms. The lowest BCUT2D eigenvalue weighted by molar-refractivity contribution is -0.142. The average molecular weight is 404 g/mol. The molecular weight excluding hydrogens is 380 g/mol. The van der Waals surface area contributed by atoms with Crippen molar-refractivity contribution in [1.29, 1.82) is 0 Å². The van der Waals surface area contributed by atoms with E-state index in [1.807, 2.05) is 19.1 Å². The first-order valence-corrected chi connectivity index (χ1v) is 10.6. The van der Waals surface area contributed by atoms with Gasteiger partial charge in [0, 0.05) is 18.8 Å². The summed E-state index contributed by atoms with van der Waals surface area (Å²) in [5.41, 5.74) is 1.54. The third-order valence-corrected chi connectivity index (χ3v) is 5.82. The Balaban J connectivity index is 1.63. The molecular formula is C20H24N2O5S. The summed E-state index contributed by atoms with van der Waals surface area (Å²) in [6, 6.07) is 13.1. The van der Waals surface area contributed by atoms with Gasteiger partial charge in [0.2, 0.25) is 0 Å². The minimum absolute atomic E-state index is 0.110. The van der Waals surface area contributed by atoms with Gasteiger partial charge in [-0.1, -0.05) is 17.7 Å². The minimum Gasteiger partial charge on any atom is -0.481 e. The van der Waals surface area contributed by atoms with Gasteiger partial charge in [-0.25, -0.2) is 8.42 Å². The van der Waals surface area contributed by atoms with Crippen LogP contribution in [0, 0.1) is 6.92 Å². The number of amides is 1. The highest BCUT2D eigenvalue weighted by Gasteiger charge is 2.24. The number of rotatable bonds is 6. The number of ether oxygens (including phenoxy) is 2. The number of sulfonamides is 1. The van der Waals surface area contributed by atoms with E-state index in [4.69, 9.17) is 9.47 Å². The van der Waals surface area contributed by atoms with Crippen LogP contribution in [0.4, 0.5) is 5.69 Å². The van der Waals surface area contributed by atoms with Gasteiger partial charge in [-0.2, -0.15) is 0 Å². The topological polar surface area (TPSA) is 84.9 Å². The van der Waals surface area contributed by atoms with Crippen LogP contribution >= 0.6 is 0 Å². The van der Waals surface area contributed by atoms with Crippen LogP contribution in [0.1, 0.15) is 12.5 Å². The fourth-order valence-corrected chi connectivity index (χ4v) is 3.89. The smallest absolute Gasteiger partial charge is 0.263 e. The number of benzene rings is 2. The third-order valence-electron chi connectivity index (χ3n) is 4.42. The van der Waals surface area contributed by atoms with Crippen molar-refractivity contribution in [3.8, 4) is 5.75 Å². The van der Waals surface area contributed by atoms with Crippen LogP contribution < -0.4 is 9.46 Å². The molecule has 1 heterocycles. The van der Waals surface area contributed by atoms with E-state index in [2.05, 4.69) is 4.72 Å². The van der Waals surface area contributed by atoms with Crippen LogP contribution in [-0.4, -0.2) is 51.6 Å². The number of nitrogens with zero attached hydrogens (tertiary/aromatic N) is 1. The first-order valence-electron chi connectivity index (χ1n) is 9.08. The minimum atomic E-state index is -3.70. The second-order valence-electron chi connectivity index (χ2n) is 6.64. The highest BCUT2D eigenvalue weighted by Crippen LogP contribution is 2.20. The molecule has 0 spiro atoms. The number of morpholine rings is 1. The number of hydrogen-bond acceptors (Lipinski definition) is 5. The van der Waals surface area contributed by atoms with Gasteiger partial charge in [0.25, 0.3) is 15.9 Å². The molecule has 0 unspecified atom stereocenters. The van der Waals surface area contributed by atoms with E-state index >= 15 is 0 Å². The van der Waals surface area contributed by atoms with Crippen molar-refractivity contribution in [1.82, 2.24) is 4.90 Å². The van der Waals surface area contributed by atoms with Crippen molar-refractivity contribution in [2.45, 2.75) is 24.8 Å². The lowest BCUT2D eigenvalue weighted by Crippen LogP contribution is -2.46. The van der Waals surface area contributed by atoms with Gasteiger partial charge < -0.3 is 14.4 Å². The Morgan fingerprint density at radius 2 is 1.68 bits per heavy atom. The second-order valence-corrected chi connectivity index (χ2v) is 8.32. The lowest BCUT2D eigenvalue weighted by atomic mass is 10.2. The molecule has 2 aromatic carbocycles. The van der Waals surface area contributed by atoms with Crippen molar-refractivity contribution < 1.29 is 22.7 Å². The maximum absolute atomic E-state index is 12.5. The van der Waals surface area contributed by atoms with Gasteiger partial charge in [-0.3, -0.25) is 9.52 Å². The normalized spacial score (nSPS) is 15.7. The van der Waals surface area contributed by atoms with Gasteiger partial charge >= 0.3 is 0 Å². The van der Waals surface area contributed by atoms with Gasteiger partial charge in [0.15, 0.2) is 6.10 Å². The summed E-state index contributed by atoms with van der Waals surface area (Å²) >= 11 is 0. The van der Waals surface area contributed by atoms with E-state index in [9.17, 15) is 13.2 Å². The molecule has 1 amide bonds. The van der Waals surface area contributed by atoms with E-state index in [0.29, 0.717) is 37.7 Å². The van der Waals surface area contributed by atoms with Crippen LogP contribution in [0.15, 0.2) is 53.4 Å². The summed E-state index contributed by atoms with van der Waals surface area (Å²) < 4.78 is 38.5. The molecule has 150 valence electrons. The van der Waals surface area contributed by atoms with Crippen LogP contribution in [0.2, 0.25) is 0 Å². The molecule has 3 rings (SSSR count). The average Bonchev–Trinajstić information content (AvgIpc) is 2.70. The number of carbonyl (C=O) groups excluding carboxylic acids is 1. The number of carbonyl (C=O) groups is 1. The number of anilines is 1. The maximum Gasteiger partial charge on any atom is 0.263 e. The van der Waals surface area contributed by atoms with Crippen LogP contribution in [0.25, 0.3) is 0 Å². The summed E-state index contributed by atoms with van der Waals surface area (Å²) in [6.45, 7) is 5.77. The molecule has 28 heavy (non-hydrogen) atoms. The standard InChI is InChI=1S/C20H24N2O5S/c1-15-3-5-17(6-4-15)21-28(24,25)19-9-7-18(8-10-19)27-16(2)20(23)22-11-13-26-14-12-22/h3-10,16,21H,11-14H2,1-2H3/t16-/m0/s1. The highest BCUT2D eigenvalue weighted by molar-refractivity contribution is 7.92. The SMILES string of the molecule is Cc1ccc(NS(=O)(=O)c2ccc(O[C@@H](C)C(=O)N3CCOCC3)cc2)cc1. The Kier molecular flexibility index (Phi) is 6.21. The molecule has 1 aliphatic rings. The molecule has 1 atom stereocenters. The zero-order chi connectivity index (χ0) is 20.1. The van der Waals surface area contributed by atoms with Crippen molar-refractivity contribution in [2.75, 3.05) is 31.0 Å². The van der Waals surface area contributed by atoms with Crippen molar-refractivity contribution in [3.05, 3.63) is 54.1 Å². The lowest BCUT2D eigenvalue weighted by Gasteiger charge is -2.29. The van der Waals surface area contributed by atoms with E-state index in [-0.39, 0.29) is 10.8 Å². The molecule has 1 fully saturated rings. The van der Waals surface area contributed by atoms with E-state index in [1.54, 1.807) is 36.1 Å². The van der Waals surface area contributed by atoms with Crippen molar-refractivity contribution >= 4 is 21.6 Å². The van der Waals surface area contributed by atoms with Crippen molar-refractivity contribution in [3.63, 3.8) is 0 Å². The monoisotopic (exact) mass is 404 g/mol. The molecule has 0 radical (unpaired) electrons. The molecule has 1 N–H and O–H groups in total. The predicted molar refractivity (Wildman–Crippen MR) is 106 cm³/mol. The zero-order valence-corrected chi connectivity index (χ0v) is 16.7. The predicted octanol–water partition coefficient (Wildman–Crippen LogP) is 2.42. The second kappa shape index (κ2) is 8.62. The van der Waals surface area contributed by atoms with Gasteiger partial charge in [0.05, 0.1) is 18.1 Å². The van der Waals surface area contributed by atoms with E-state index < -0.39 is 16.1 Å². The van der Waals surface area contributed by atoms with Gasteiger partial charge in [-0.15, -0.1) is 0 Å². The van der Waals surface area contributed by atoms with E-state index in [0.717, 1.165) is 5.56 Å². The summed E-state index contributed by atoms with van der Waals surface area (Å²) in [5.74, 6) is 0.324. The van der Waals surface area contributed by atoms with Crippen molar-refractivity contribution in [2.24, 2.45) is 0 Å². The number of nitrogens with one attached hydrogen (secondary N) is 1. The fourth-order valence-electron chi connectivity index (χ4n) is 2.83. The first kappa shape index (κ1) is 20.2. The van der Waals surface area contributed by atoms with Crippen LogP contribution in [0.3, 0.4) is 0 Å². The van der Waals surface area contributed by atoms with Crippen LogP contribution in [0.5, 0.6) is 5.75 Å². The molecule has 7 nitrogen and oxygen atoms in total. The summed E-state index contributed by atoms with van der Waals surface area (Å²) in [4.78, 5) is 14.2. The Bertz CT molecular complexity index is 905. The Labute approximate surface area is 165 Å². The van der Waals surface area contributed by atoms with Gasteiger partial charge in [-0.05, 0) is 50.2 Å². The Hall–Kier alpha value is -2.58. The quantitative estimate of drug-likeness (QED) is 0.799. The molecule has 2 aromatic rings. The van der Waals surface area contributed by atoms with Gasteiger partial charge in [0.1, 0.15) is 5.75 Å². The molecule has 0 aromatic heterocycles. The fraction of sp³-hybridized carbons (Fsp3) is 0.350. The Morgan fingerprint density at radius 3 is 2.29 bits per heavy atom. The maximum atomic E-state index is 12.5. The number of hydrogen-bond donors (Lipinski definition) is 1. The summed E-state index contributed by atoms with van der Waals surface area (Å²) in [7, 11) is -3.70. The Morgan fingerprint density at radius 1 is 1.07 bits per heavy atom. The molecule has 1 aliphatic heterocycles. The molecule has 0 bridgehead atoms. The third kappa shape index (κ3) is 5.02. The van der Waals surface area contributed by atoms with Crippen LogP contribution in [-0.2, 0) is 19.6 Å². The zero-order valence-electron chi connectivity index (χ0n) is 15.9. The molecule has 0 saturated carbocycles. The first-order chi connectivity index (χ1) is 13.3. The largest absolute Gasteiger partial charge is 0.481 e. The molecule has 1 saturated heterocycles. The number of aryl methyl sites for hydroxylation is 1.